The number of aliphatic imine (C=N–C) groups is 1. The summed E-state index contributed by atoms with van der Waals surface area (Å²) in [6.07, 6.45) is 2.19. The third-order valence-electron chi connectivity index (χ3n) is 3.11. The predicted molar refractivity (Wildman–Crippen MR) is 69.0 cm³/mol. The molecule has 0 aromatic heterocycles. The molecule has 2 fully saturated rings. The van der Waals surface area contributed by atoms with Gasteiger partial charge in [-0.1, -0.05) is 0 Å². The van der Waals surface area contributed by atoms with Gasteiger partial charge in [0.2, 0.25) is 0 Å². The van der Waals surface area contributed by atoms with Crippen molar-refractivity contribution in [1.82, 2.24) is 10.2 Å². The Kier molecular flexibility index (Phi) is 4.66. The first kappa shape index (κ1) is 12.7. The lowest BCUT2D eigenvalue weighted by atomic mass is 10.1. The lowest BCUT2D eigenvalue weighted by molar-refractivity contribution is 0.323. The Morgan fingerprint density at radius 1 is 1.65 bits per heavy atom. The van der Waals surface area contributed by atoms with E-state index < -0.39 is 0 Å². The number of hydrogen-bond acceptors (Lipinski definition) is 5. The van der Waals surface area contributed by atoms with Crippen LogP contribution >= 0.6 is 11.8 Å². The van der Waals surface area contributed by atoms with Crippen LogP contribution in [-0.4, -0.2) is 59.3 Å². The van der Waals surface area contributed by atoms with Gasteiger partial charge in [0.1, 0.15) is 18.5 Å². The molecule has 2 aliphatic heterocycles. The van der Waals surface area contributed by atoms with Gasteiger partial charge in [0, 0.05) is 12.3 Å². The summed E-state index contributed by atoms with van der Waals surface area (Å²) in [7, 11) is 0. The number of nitriles is 1. The summed E-state index contributed by atoms with van der Waals surface area (Å²) in [5.74, 6) is 2.24. The number of aliphatic hydroxyl groups is 1. The molecule has 2 unspecified atom stereocenters. The summed E-state index contributed by atoms with van der Waals surface area (Å²) in [5.41, 5.74) is 0. The highest BCUT2D eigenvalue weighted by molar-refractivity contribution is 7.99. The zero-order chi connectivity index (χ0) is 12.1. The SMILES string of the molecule is N#CC1CSCN1C(CO)=NC1CCCNC1. The van der Waals surface area contributed by atoms with Crippen LogP contribution in [0.15, 0.2) is 4.99 Å². The minimum atomic E-state index is -0.137. The number of nitrogens with one attached hydrogen (secondary N) is 1. The summed E-state index contributed by atoms with van der Waals surface area (Å²) in [6.45, 7) is 1.86. The molecule has 2 N–H and O–H groups in total. The maximum absolute atomic E-state index is 9.42. The average Bonchev–Trinajstić information content (AvgIpc) is 2.85. The molecule has 2 aliphatic rings. The molecule has 2 saturated heterocycles. The first-order valence-electron chi connectivity index (χ1n) is 5.97. The van der Waals surface area contributed by atoms with Gasteiger partial charge < -0.3 is 15.3 Å². The molecule has 0 aromatic carbocycles. The summed E-state index contributed by atoms with van der Waals surface area (Å²) in [5, 5.41) is 21.8. The molecule has 2 atom stereocenters. The zero-order valence-electron chi connectivity index (χ0n) is 9.80. The van der Waals surface area contributed by atoms with Gasteiger partial charge >= 0.3 is 0 Å². The van der Waals surface area contributed by atoms with Crippen molar-refractivity contribution in [2.24, 2.45) is 4.99 Å². The molecule has 0 spiro atoms. The molecule has 6 heteroatoms. The van der Waals surface area contributed by atoms with Crippen LogP contribution in [0.5, 0.6) is 0 Å². The normalized spacial score (nSPS) is 30.4. The second-order valence-corrected chi connectivity index (χ2v) is 5.32. The maximum atomic E-state index is 9.42. The number of piperidine rings is 1. The topological polar surface area (TPSA) is 71.7 Å². The van der Waals surface area contributed by atoms with E-state index in [9.17, 15) is 5.11 Å². The number of thioether (sulfide) groups is 1. The molecule has 2 heterocycles. The van der Waals surface area contributed by atoms with E-state index in [0.29, 0.717) is 5.84 Å². The van der Waals surface area contributed by atoms with Crippen LogP contribution in [-0.2, 0) is 0 Å². The molecule has 0 aromatic rings. The predicted octanol–water partition coefficient (Wildman–Crippen LogP) is 0.0277. The zero-order valence-corrected chi connectivity index (χ0v) is 10.6. The third kappa shape index (κ3) is 3.12. The Morgan fingerprint density at radius 2 is 2.53 bits per heavy atom. The van der Waals surface area contributed by atoms with Crippen LogP contribution in [0.3, 0.4) is 0 Å². The third-order valence-corrected chi connectivity index (χ3v) is 4.12. The van der Waals surface area contributed by atoms with Crippen molar-refractivity contribution in [2.45, 2.75) is 24.9 Å². The Hall–Kier alpha value is -0.770. The van der Waals surface area contributed by atoms with Crippen molar-refractivity contribution in [2.75, 3.05) is 31.3 Å². The highest BCUT2D eigenvalue weighted by atomic mass is 32.2. The molecule has 94 valence electrons. The second kappa shape index (κ2) is 6.24. The fraction of sp³-hybridized carbons (Fsp3) is 0.818. The molecule has 0 saturated carbocycles. The van der Waals surface area contributed by atoms with E-state index in [2.05, 4.69) is 16.4 Å². The van der Waals surface area contributed by atoms with Crippen molar-refractivity contribution in [3.05, 3.63) is 0 Å². The Bertz CT molecular complexity index is 322. The number of amidine groups is 1. The lowest BCUT2D eigenvalue weighted by Gasteiger charge is -2.25. The van der Waals surface area contributed by atoms with Crippen LogP contribution in [0.2, 0.25) is 0 Å². The molecular weight excluding hydrogens is 236 g/mol. The van der Waals surface area contributed by atoms with Crippen molar-refractivity contribution in [3.8, 4) is 6.07 Å². The van der Waals surface area contributed by atoms with Crippen molar-refractivity contribution < 1.29 is 5.11 Å². The molecule has 0 amide bonds. The lowest BCUT2D eigenvalue weighted by Crippen LogP contribution is -2.40. The van der Waals surface area contributed by atoms with Gasteiger partial charge in [-0.15, -0.1) is 11.8 Å². The van der Waals surface area contributed by atoms with Crippen molar-refractivity contribution in [1.29, 1.82) is 5.26 Å². The largest absolute Gasteiger partial charge is 0.388 e. The molecule has 0 radical (unpaired) electrons. The number of rotatable bonds is 2. The highest BCUT2D eigenvalue weighted by Crippen LogP contribution is 2.21. The van der Waals surface area contributed by atoms with Gasteiger partial charge in [-0.25, -0.2) is 0 Å². The van der Waals surface area contributed by atoms with Gasteiger partial charge in [-0.2, -0.15) is 5.26 Å². The van der Waals surface area contributed by atoms with Gasteiger partial charge in [0.05, 0.1) is 18.0 Å². The Balaban J connectivity index is 2.04. The molecule has 5 nitrogen and oxygen atoms in total. The molecule has 0 bridgehead atoms. The van der Waals surface area contributed by atoms with Crippen LogP contribution in [0.4, 0.5) is 0 Å². The monoisotopic (exact) mass is 254 g/mol. The second-order valence-electron chi connectivity index (χ2n) is 4.32. The first-order chi connectivity index (χ1) is 8.35. The number of aliphatic hydroxyl groups excluding tert-OH is 1. The Labute approximate surface area is 106 Å². The van der Waals surface area contributed by atoms with E-state index in [0.717, 1.165) is 37.6 Å². The van der Waals surface area contributed by atoms with E-state index >= 15 is 0 Å². The Morgan fingerprint density at radius 3 is 3.18 bits per heavy atom. The summed E-state index contributed by atoms with van der Waals surface area (Å²) >= 11 is 1.72. The standard InChI is InChI=1S/C11H18N4OS/c12-4-10-7-17-8-15(10)11(6-16)14-9-2-1-3-13-5-9/h9-10,13,16H,1-3,5-8H2. The minimum absolute atomic E-state index is 0.0742. The average molecular weight is 254 g/mol. The van der Waals surface area contributed by atoms with Gasteiger partial charge in [-0.3, -0.25) is 4.99 Å². The van der Waals surface area contributed by atoms with Crippen molar-refractivity contribution >= 4 is 17.6 Å². The molecule has 2 rings (SSSR count). The van der Waals surface area contributed by atoms with E-state index in [1.54, 1.807) is 11.8 Å². The number of hydrogen-bond donors (Lipinski definition) is 2. The van der Waals surface area contributed by atoms with Gasteiger partial charge in [-0.05, 0) is 19.4 Å². The van der Waals surface area contributed by atoms with E-state index in [1.165, 1.54) is 0 Å². The smallest absolute Gasteiger partial charge is 0.127 e. The fourth-order valence-electron chi connectivity index (χ4n) is 2.16. The molecular formula is C11H18N4OS. The summed E-state index contributed by atoms with van der Waals surface area (Å²) in [4.78, 5) is 6.53. The van der Waals surface area contributed by atoms with Crippen LogP contribution in [0.1, 0.15) is 12.8 Å². The molecule has 17 heavy (non-hydrogen) atoms. The van der Waals surface area contributed by atoms with Gasteiger partial charge in [0.15, 0.2) is 0 Å². The van der Waals surface area contributed by atoms with E-state index in [1.807, 2.05) is 4.90 Å². The van der Waals surface area contributed by atoms with E-state index in [4.69, 9.17) is 5.26 Å². The maximum Gasteiger partial charge on any atom is 0.127 e. The summed E-state index contributed by atoms with van der Waals surface area (Å²) < 4.78 is 0. The summed E-state index contributed by atoms with van der Waals surface area (Å²) in [6, 6.07) is 2.37. The van der Waals surface area contributed by atoms with Crippen LogP contribution < -0.4 is 5.32 Å². The van der Waals surface area contributed by atoms with Crippen LogP contribution in [0, 0.1) is 11.3 Å². The number of nitrogens with zero attached hydrogens (tertiary/aromatic N) is 3. The van der Waals surface area contributed by atoms with Gasteiger partial charge in [0.25, 0.3) is 0 Å². The van der Waals surface area contributed by atoms with Crippen LogP contribution in [0.25, 0.3) is 0 Å². The minimum Gasteiger partial charge on any atom is -0.388 e. The molecule has 0 aliphatic carbocycles. The quantitative estimate of drug-likeness (QED) is 0.537. The highest BCUT2D eigenvalue weighted by Gasteiger charge is 2.28. The van der Waals surface area contributed by atoms with Crippen molar-refractivity contribution in [3.63, 3.8) is 0 Å². The van der Waals surface area contributed by atoms with E-state index in [-0.39, 0.29) is 18.7 Å². The fourth-order valence-corrected chi connectivity index (χ4v) is 3.27. The first-order valence-corrected chi connectivity index (χ1v) is 7.13.